The molecule has 1 aromatic carbocycles. The molecule has 0 spiro atoms. The van der Waals surface area contributed by atoms with Crippen LogP contribution in [0.25, 0.3) is 0 Å². The number of rotatable bonds is 3. The van der Waals surface area contributed by atoms with Gasteiger partial charge >= 0.3 is 5.97 Å². The fourth-order valence-corrected chi connectivity index (χ4v) is 2.45. The molecule has 0 radical (unpaired) electrons. The van der Waals surface area contributed by atoms with Gasteiger partial charge in [-0.3, -0.25) is 14.5 Å². The number of carboxylic acid groups (broad SMARTS) is 1. The van der Waals surface area contributed by atoms with Crippen molar-refractivity contribution in [1.29, 1.82) is 0 Å². The van der Waals surface area contributed by atoms with Gasteiger partial charge in [-0.05, 0) is 25.5 Å². The maximum atomic E-state index is 14.0. The van der Waals surface area contributed by atoms with Crippen LogP contribution in [0.5, 0.6) is 0 Å². The largest absolute Gasteiger partial charge is 0.480 e. The monoisotopic (exact) mass is 294 g/mol. The molecule has 1 unspecified atom stereocenters. The van der Waals surface area contributed by atoms with Crippen molar-refractivity contribution >= 4 is 11.9 Å². The van der Waals surface area contributed by atoms with E-state index in [2.05, 4.69) is 0 Å². The fourth-order valence-electron chi connectivity index (χ4n) is 2.45. The zero-order valence-corrected chi connectivity index (χ0v) is 12.2. The van der Waals surface area contributed by atoms with Crippen LogP contribution in [0.3, 0.4) is 0 Å². The van der Waals surface area contributed by atoms with E-state index >= 15 is 0 Å². The van der Waals surface area contributed by atoms with Crippen LogP contribution in [0.15, 0.2) is 18.2 Å². The lowest BCUT2D eigenvalue weighted by molar-refractivity contribution is -0.143. The fraction of sp³-hybridized carbons (Fsp3) is 0.467. The summed E-state index contributed by atoms with van der Waals surface area (Å²) < 4.78 is 14.0. The summed E-state index contributed by atoms with van der Waals surface area (Å²) in [6, 6.07) is 4.20. The van der Waals surface area contributed by atoms with Crippen LogP contribution in [0.4, 0.5) is 4.39 Å². The van der Waals surface area contributed by atoms with Crippen LogP contribution < -0.4 is 0 Å². The van der Waals surface area contributed by atoms with E-state index in [1.165, 1.54) is 6.07 Å². The Hall–Kier alpha value is -1.95. The lowest BCUT2D eigenvalue weighted by Crippen LogP contribution is -2.53. The van der Waals surface area contributed by atoms with E-state index in [0.29, 0.717) is 31.7 Å². The van der Waals surface area contributed by atoms with Gasteiger partial charge in [0.05, 0.1) is 5.56 Å². The van der Waals surface area contributed by atoms with Gasteiger partial charge in [0.2, 0.25) is 0 Å². The number of aryl methyl sites for hydroxylation is 1. The molecular weight excluding hydrogens is 275 g/mol. The number of carbonyl (C=O) groups excluding carboxylic acids is 1. The van der Waals surface area contributed by atoms with Crippen LogP contribution in [0, 0.1) is 12.7 Å². The number of carboxylic acids is 1. The summed E-state index contributed by atoms with van der Waals surface area (Å²) in [5, 5.41) is 8.98. The van der Waals surface area contributed by atoms with Crippen molar-refractivity contribution in [3.8, 4) is 0 Å². The number of amides is 1. The van der Waals surface area contributed by atoms with Gasteiger partial charge < -0.3 is 10.0 Å². The summed E-state index contributed by atoms with van der Waals surface area (Å²) >= 11 is 0. The molecule has 0 aromatic heterocycles. The topological polar surface area (TPSA) is 60.9 Å². The van der Waals surface area contributed by atoms with Crippen LogP contribution in [-0.2, 0) is 4.79 Å². The van der Waals surface area contributed by atoms with Gasteiger partial charge in [0.1, 0.15) is 11.9 Å². The molecule has 1 atom stereocenters. The number of nitrogens with zero attached hydrogens (tertiary/aromatic N) is 2. The van der Waals surface area contributed by atoms with Crippen LogP contribution in [0.2, 0.25) is 0 Å². The van der Waals surface area contributed by atoms with Gasteiger partial charge in [-0.2, -0.15) is 0 Å². The van der Waals surface area contributed by atoms with Gasteiger partial charge in [-0.1, -0.05) is 12.1 Å². The zero-order valence-electron chi connectivity index (χ0n) is 12.2. The molecule has 1 aliphatic heterocycles. The van der Waals surface area contributed by atoms with Crippen molar-refractivity contribution in [3.63, 3.8) is 0 Å². The number of hydrogen-bond acceptors (Lipinski definition) is 3. The molecule has 114 valence electrons. The Balaban J connectivity index is 2.04. The summed E-state index contributed by atoms with van der Waals surface area (Å²) in [5.41, 5.74) is 0.522. The maximum absolute atomic E-state index is 14.0. The highest BCUT2D eigenvalue weighted by molar-refractivity contribution is 5.94. The van der Waals surface area contributed by atoms with Gasteiger partial charge in [0.25, 0.3) is 5.91 Å². The van der Waals surface area contributed by atoms with Gasteiger partial charge in [0, 0.05) is 26.2 Å². The third-order valence-corrected chi connectivity index (χ3v) is 3.93. The predicted molar refractivity (Wildman–Crippen MR) is 75.7 cm³/mol. The summed E-state index contributed by atoms with van der Waals surface area (Å²) in [6.45, 7) is 5.02. The summed E-state index contributed by atoms with van der Waals surface area (Å²) in [5.74, 6) is -1.69. The quantitative estimate of drug-likeness (QED) is 0.914. The Morgan fingerprint density at radius 2 is 1.86 bits per heavy atom. The van der Waals surface area contributed by atoms with E-state index in [4.69, 9.17) is 5.11 Å². The molecule has 1 aromatic rings. The third kappa shape index (κ3) is 3.21. The van der Waals surface area contributed by atoms with Gasteiger partial charge in [-0.25, -0.2) is 4.39 Å². The number of hydrogen-bond donors (Lipinski definition) is 1. The van der Waals surface area contributed by atoms with Gasteiger partial charge in [-0.15, -0.1) is 0 Å². The Bertz CT molecular complexity index is 554. The molecule has 1 saturated heterocycles. The first-order valence-electron chi connectivity index (χ1n) is 6.93. The van der Waals surface area contributed by atoms with Crippen molar-refractivity contribution < 1.29 is 19.1 Å². The molecule has 1 heterocycles. The molecule has 1 amide bonds. The average Bonchev–Trinajstić information content (AvgIpc) is 2.48. The molecule has 1 fully saturated rings. The highest BCUT2D eigenvalue weighted by atomic mass is 19.1. The highest BCUT2D eigenvalue weighted by Gasteiger charge is 2.28. The summed E-state index contributed by atoms with van der Waals surface area (Å²) in [7, 11) is 0. The lowest BCUT2D eigenvalue weighted by atomic mass is 10.1. The molecule has 0 bridgehead atoms. The van der Waals surface area contributed by atoms with Crippen LogP contribution in [-0.4, -0.2) is 59.0 Å². The van der Waals surface area contributed by atoms with Crippen LogP contribution in [0.1, 0.15) is 22.8 Å². The molecule has 21 heavy (non-hydrogen) atoms. The van der Waals surface area contributed by atoms with Gasteiger partial charge in [0.15, 0.2) is 0 Å². The number of benzene rings is 1. The molecule has 0 aliphatic carbocycles. The summed E-state index contributed by atoms with van der Waals surface area (Å²) in [4.78, 5) is 26.7. The second-order valence-corrected chi connectivity index (χ2v) is 5.28. The Morgan fingerprint density at radius 3 is 2.43 bits per heavy atom. The Kier molecular flexibility index (Phi) is 4.57. The van der Waals surface area contributed by atoms with E-state index in [9.17, 15) is 14.0 Å². The number of aliphatic carboxylic acids is 1. The smallest absolute Gasteiger partial charge is 0.320 e. The summed E-state index contributed by atoms with van der Waals surface area (Å²) in [6.07, 6.45) is 0. The molecule has 5 nitrogen and oxygen atoms in total. The zero-order chi connectivity index (χ0) is 15.6. The standard InChI is InChI=1S/C15H19FN2O3/c1-10-4-3-5-12(13(10)16)14(19)18-8-6-17(7-9-18)11(2)15(20)21/h3-5,11H,6-9H2,1-2H3,(H,20,21). The third-order valence-electron chi connectivity index (χ3n) is 3.93. The van der Waals surface area contributed by atoms with E-state index in [0.717, 1.165) is 0 Å². The molecular formula is C15H19FN2O3. The van der Waals surface area contributed by atoms with E-state index in [-0.39, 0.29) is 11.5 Å². The van der Waals surface area contributed by atoms with Crippen LogP contribution >= 0.6 is 0 Å². The number of halogens is 1. The van der Waals surface area contributed by atoms with Crippen molar-refractivity contribution in [2.24, 2.45) is 0 Å². The Labute approximate surface area is 123 Å². The van der Waals surface area contributed by atoms with Crippen molar-refractivity contribution in [3.05, 3.63) is 35.1 Å². The maximum Gasteiger partial charge on any atom is 0.320 e. The van der Waals surface area contributed by atoms with Crippen molar-refractivity contribution in [2.75, 3.05) is 26.2 Å². The minimum absolute atomic E-state index is 0.0785. The molecule has 6 heteroatoms. The lowest BCUT2D eigenvalue weighted by Gasteiger charge is -2.36. The number of carbonyl (C=O) groups is 2. The molecule has 2 rings (SSSR count). The van der Waals surface area contributed by atoms with E-state index in [1.807, 2.05) is 0 Å². The van der Waals surface area contributed by atoms with Crippen molar-refractivity contribution in [1.82, 2.24) is 9.80 Å². The highest BCUT2D eigenvalue weighted by Crippen LogP contribution is 2.16. The minimum Gasteiger partial charge on any atom is -0.480 e. The first kappa shape index (κ1) is 15.4. The molecule has 1 N–H and O–H groups in total. The second-order valence-electron chi connectivity index (χ2n) is 5.28. The number of piperazine rings is 1. The Morgan fingerprint density at radius 1 is 1.24 bits per heavy atom. The average molecular weight is 294 g/mol. The first-order valence-corrected chi connectivity index (χ1v) is 6.93. The second kappa shape index (κ2) is 6.22. The minimum atomic E-state index is -0.875. The molecule has 1 aliphatic rings. The van der Waals surface area contributed by atoms with Crippen molar-refractivity contribution in [2.45, 2.75) is 19.9 Å². The SMILES string of the molecule is Cc1cccc(C(=O)N2CCN(C(C)C(=O)O)CC2)c1F. The first-order chi connectivity index (χ1) is 9.91. The van der Waals surface area contributed by atoms with E-state index < -0.39 is 17.8 Å². The molecule has 0 saturated carbocycles. The predicted octanol–water partition coefficient (Wildman–Crippen LogP) is 1.37. The normalized spacial score (nSPS) is 17.6. The van der Waals surface area contributed by atoms with E-state index in [1.54, 1.807) is 35.8 Å².